The summed E-state index contributed by atoms with van der Waals surface area (Å²) in [6.07, 6.45) is 3.86. The molecule has 0 radical (unpaired) electrons. The van der Waals surface area contributed by atoms with Crippen LogP contribution in [0.4, 0.5) is 0 Å². The fourth-order valence-electron chi connectivity index (χ4n) is 0.814. The van der Waals surface area contributed by atoms with Gasteiger partial charge < -0.3 is 10.7 Å². The molecule has 4 heteroatoms. The number of hydrogen-bond donors (Lipinski definition) is 3. The highest BCUT2D eigenvalue weighted by Crippen LogP contribution is 2.06. The van der Waals surface area contributed by atoms with Gasteiger partial charge in [-0.15, -0.1) is 0 Å². The molecule has 62 valence electrons. The summed E-state index contributed by atoms with van der Waals surface area (Å²) in [5, 5.41) is 3.26. The van der Waals surface area contributed by atoms with Crippen LogP contribution < -0.4 is 16.2 Å². The lowest BCUT2D eigenvalue weighted by molar-refractivity contribution is 0.653. The van der Waals surface area contributed by atoms with Gasteiger partial charge in [-0.25, -0.2) is 0 Å². The molecule has 0 aromatic rings. The molecule has 0 unspecified atom stereocenters. The van der Waals surface area contributed by atoms with Crippen LogP contribution in [0.5, 0.6) is 0 Å². The summed E-state index contributed by atoms with van der Waals surface area (Å²) in [5.41, 5.74) is 6.87. The molecular weight excluding hydrogens is 206 g/mol. The van der Waals surface area contributed by atoms with Crippen LogP contribution in [0.1, 0.15) is 13.8 Å². The standard InChI is InChI=1S/C7H12BrN3/c1-5(2)10-6-3-7(8)11-9-4-6/h3-5,9-11H,1-2H3. The number of nitrogens with one attached hydrogen (secondary N) is 3. The Labute approximate surface area is 75.0 Å². The first-order valence-corrected chi connectivity index (χ1v) is 4.33. The fourth-order valence-corrected chi connectivity index (χ4v) is 1.17. The second-order valence-corrected chi connectivity index (χ2v) is 3.51. The van der Waals surface area contributed by atoms with Crippen molar-refractivity contribution in [2.24, 2.45) is 0 Å². The zero-order valence-electron chi connectivity index (χ0n) is 6.61. The van der Waals surface area contributed by atoms with Crippen LogP contribution in [0.3, 0.4) is 0 Å². The highest BCUT2D eigenvalue weighted by Gasteiger charge is 2.01. The summed E-state index contributed by atoms with van der Waals surface area (Å²) < 4.78 is 0.933. The zero-order chi connectivity index (χ0) is 8.27. The minimum absolute atomic E-state index is 0.456. The van der Waals surface area contributed by atoms with Crippen molar-refractivity contribution in [3.05, 3.63) is 22.6 Å². The number of hydrazine groups is 1. The lowest BCUT2D eigenvalue weighted by Gasteiger charge is -2.16. The zero-order valence-corrected chi connectivity index (χ0v) is 8.20. The molecule has 0 aliphatic carbocycles. The van der Waals surface area contributed by atoms with Gasteiger partial charge in [0.25, 0.3) is 0 Å². The maximum Gasteiger partial charge on any atom is 0.0987 e. The van der Waals surface area contributed by atoms with E-state index < -0.39 is 0 Å². The highest BCUT2D eigenvalue weighted by atomic mass is 79.9. The number of halogens is 1. The second kappa shape index (κ2) is 3.67. The smallest absolute Gasteiger partial charge is 0.0987 e. The number of hydrogen-bond acceptors (Lipinski definition) is 3. The molecule has 1 heterocycles. The molecule has 11 heavy (non-hydrogen) atoms. The highest BCUT2D eigenvalue weighted by molar-refractivity contribution is 9.11. The van der Waals surface area contributed by atoms with E-state index in [0.29, 0.717) is 6.04 Å². The summed E-state index contributed by atoms with van der Waals surface area (Å²) >= 11 is 3.33. The van der Waals surface area contributed by atoms with Gasteiger partial charge in [-0.3, -0.25) is 5.43 Å². The van der Waals surface area contributed by atoms with Crippen LogP contribution in [0.15, 0.2) is 22.6 Å². The van der Waals surface area contributed by atoms with Gasteiger partial charge in [-0.05, 0) is 35.9 Å². The molecule has 0 amide bonds. The molecule has 0 bridgehead atoms. The molecule has 3 N–H and O–H groups in total. The predicted octanol–water partition coefficient (Wildman–Crippen LogP) is 1.17. The van der Waals surface area contributed by atoms with E-state index in [4.69, 9.17) is 0 Å². The average Bonchev–Trinajstić information content (AvgIpc) is 1.85. The van der Waals surface area contributed by atoms with Gasteiger partial charge in [0.1, 0.15) is 0 Å². The van der Waals surface area contributed by atoms with E-state index >= 15 is 0 Å². The first-order valence-electron chi connectivity index (χ1n) is 3.54. The second-order valence-electron chi connectivity index (χ2n) is 2.66. The van der Waals surface area contributed by atoms with Crippen molar-refractivity contribution in [3.63, 3.8) is 0 Å². The van der Waals surface area contributed by atoms with E-state index in [0.717, 1.165) is 10.3 Å². The van der Waals surface area contributed by atoms with Crippen LogP contribution in [0.25, 0.3) is 0 Å². The van der Waals surface area contributed by atoms with Crippen LogP contribution in [-0.4, -0.2) is 6.04 Å². The average molecular weight is 218 g/mol. The van der Waals surface area contributed by atoms with Gasteiger partial charge in [0.05, 0.1) is 10.3 Å². The largest absolute Gasteiger partial charge is 0.382 e. The van der Waals surface area contributed by atoms with Crippen molar-refractivity contribution in [1.29, 1.82) is 0 Å². The van der Waals surface area contributed by atoms with Crippen LogP contribution >= 0.6 is 15.9 Å². The Bertz CT molecular complexity index is 196. The lowest BCUT2D eigenvalue weighted by Crippen LogP contribution is -2.32. The Morgan fingerprint density at radius 1 is 1.55 bits per heavy atom. The van der Waals surface area contributed by atoms with E-state index in [1.807, 2.05) is 12.3 Å². The summed E-state index contributed by atoms with van der Waals surface area (Å²) in [6, 6.07) is 0.456. The summed E-state index contributed by atoms with van der Waals surface area (Å²) in [5.74, 6) is 0. The Hall–Kier alpha value is -0.640. The summed E-state index contributed by atoms with van der Waals surface area (Å²) in [4.78, 5) is 0. The Kier molecular flexibility index (Phi) is 2.82. The molecule has 0 saturated heterocycles. The predicted molar refractivity (Wildman–Crippen MR) is 49.6 cm³/mol. The number of rotatable bonds is 2. The Morgan fingerprint density at radius 3 is 2.82 bits per heavy atom. The maximum absolute atomic E-state index is 3.33. The van der Waals surface area contributed by atoms with Crippen molar-refractivity contribution >= 4 is 15.9 Å². The van der Waals surface area contributed by atoms with E-state index in [1.54, 1.807) is 0 Å². The van der Waals surface area contributed by atoms with Gasteiger partial charge in [0.2, 0.25) is 0 Å². The van der Waals surface area contributed by atoms with E-state index in [2.05, 4.69) is 45.9 Å². The molecule has 1 aliphatic rings. The maximum atomic E-state index is 3.33. The van der Waals surface area contributed by atoms with Crippen LogP contribution in [-0.2, 0) is 0 Å². The van der Waals surface area contributed by atoms with Crippen molar-refractivity contribution in [2.45, 2.75) is 19.9 Å². The fraction of sp³-hybridized carbons (Fsp3) is 0.429. The molecule has 0 aromatic carbocycles. The summed E-state index contributed by atoms with van der Waals surface area (Å²) in [7, 11) is 0. The quantitative estimate of drug-likeness (QED) is 0.609. The topological polar surface area (TPSA) is 36.1 Å². The third-order valence-electron chi connectivity index (χ3n) is 1.16. The molecule has 1 rings (SSSR count). The first kappa shape index (κ1) is 8.46. The molecule has 0 fully saturated rings. The minimum Gasteiger partial charge on any atom is -0.382 e. The SMILES string of the molecule is CC(C)NC1=CNNC(Br)=C1. The molecule has 0 saturated carbocycles. The molecule has 1 aliphatic heterocycles. The van der Waals surface area contributed by atoms with Crippen molar-refractivity contribution in [1.82, 2.24) is 16.2 Å². The third-order valence-corrected chi connectivity index (χ3v) is 1.58. The summed E-state index contributed by atoms with van der Waals surface area (Å²) in [6.45, 7) is 4.20. The third kappa shape index (κ3) is 2.84. The molecule has 3 nitrogen and oxygen atoms in total. The molecular formula is C7H12BrN3. The Morgan fingerprint density at radius 2 is 2.27 bits per heavy atom. The van der Waals surface area contributed by atoms with Gasteiger partial charge in [-0.2, -0.15) is 0 Å². The first-order chi connectivity index (χ1) is 5.18. The normalized spacial score (nSPS) is 16.4. The molecule has 0 spiro atoms. The van der Waals surface area contributed by atoms with Crippen molar-refractivity contribution in [3.8, 4) is 0 Å². The molecule has 0 atom stereocenters. The Balaban J connectivity index is 2.52. The van der Waals surface area contributed by atoms with Crippen molar-refractivity contribution in [2.75, 3.05) is 0 Å². The van der Waals surface area contributed by atoms with Crippen molar-refractivity contribution < 1.29 is 0 Å². The van der Waals surface area contributed by atoms with Crippen LogP contribution in [0, 0.1) is 0 Å². The monoisotopic (exact) mass is 217 g/mol. The minimum atomic E-state index is 0.456. The van der Waals surface area contributed by atoms with Gasteiger partial charge in [-0.1, -0.05) is 0 Å². The van der Waals surface area contributed by atoms with Crippen LogP contribution in [0.2, 0.25) is 0 Å². The number of allylic oxidation sites excluding steroid dienone is 1. The van der Waals surface area contributed by atoms with Gasteiger partial charge in [0, 0.05) is 12.2 Å². The van der Waals surface area contributed by atoms with Gasteiger partial charge in [0.15, 0.2) is 0 Å². The van der Waals surface area contributed by atoms with Gasteiger partial charge >= 0.3 is 0 Å². The molecule has 0 aromatic heterocycles. The lowest BCUT2D eigenvalue weighted by atomic mass is 10.3. The van der Waals surface area contributed by atoms with E-state index in [-0.39, 0.29) is 0 Å². The van der Waals surface area contributed by atoms with E-state index in [9.17, 15) is 0 Å². The van der Waals surface area contributed by atoms with E-state index in [1.165, 1.54) is 0 Å².